The first-order chi connectivity index (χ1) is 13.9. The summed E-state index contributed by atoms with van der Waals surface area (Å²) in [7, 11) is 0. The fourth-order valence-corrected chi connectivity index (χ4v) is 4.09. The van der Waals surface area contributed by atoms with Crippen molar-refractivity contribution in [1.82, 2.24) is 24.8 Å². The van der Waals surface area contributed by atoms with Gasteiger partial charge >= 0.3 is 0 Å². The minimum Gasteiger partial charge on any atom is -0.379 e. The number of imidazole rings is 1. The molecule has 0 unspecified atom stereocenters. The molecule has 0 amide bonds. The number of benzene rings is 1. The number of hydrogen-bond donors (Lipinski definition) is 2. The summed E-state index contributed by atoms with van der Waals surface area (Å²) in [5, 5.41) is 3.40. The molecule has 0 spiro atoms. The second-order valence-corrected chi connectivity index (χ2v) is 7.33. The van der Waals surface area contributed by atoms with Gasteiger partial charge in [-0.05, 0) is 25.0 Å². The Bertz CT molecular complexity index is 915. The first-order valence-corrected chi connectivity index (χ1v) is 9.97. The van der Waals surface area contributed by atoms with Crippen molar-refractivity contribution in [3.05, 3.63) is 36.7 Å². The predicted molar refractivity (Wildman–Crippen MR) is 109 cm³/mol. The van der Waals surface area contributed by atoms with E-state index in [9.17, 15) is 0 Å². The smallest absolute Gasteiger partial charge is 0.229 e. The van der Waals surface area contributed by atoms with Crippen LogP contribution in [-0.4, -0.2) is 70.3 Å². The average Bonchev–Trinajstić information content (AvgIpc) is 3.24. The maximum Gasteiger partial charge on any atom is 0.229 e. The number of morpholine rings is 1. The van der Waals surface area contributed by atoms with Crippen LogP contribution < -0.4 is 10.2 Å². The summed E-state index contributed by atoms with van der Waals surface area (Å²) < 4.78 is 5.49. The van der Waals surface area contributed by atoms with Crippen molar-refractivity contribution >= 4 is 28.6 Å². The van der Waals surface area contributed by atoms with Crippen LogP contribution in [0.4, 0.5) is 17.5 Å². The molecule has 2 N–H and O–H groups in total. The summed E-state index contributed by atoms with van der Waals surface area (Å²) >= 11 is 0. The molecular formula is C20H25N7O. The van der Waals surface area contributed by atoms with E-state index >= 15 is 0 Å². The molecule has 4 heterocycles. The molecule has 0 atom stereocenters. The molecule has 1 aromatic carbocycles. The number of aromatic nitrogens is 4. The normalized spacial score (nSPS) is 19.2. The Hall–Kier alpha value is -2.71. The number of H-pyrrole nitrogens is 1. The highest BCUT2D eigenvalue weighted by atomic mass is 16.5. The number of para-hydroxylation sites is 1. The van der Waals surface area contributed by atoms with Gasteiger partial charge in [-0.3, -0.25) is 4.90 Å². The van der Waals surface area contributed by atoms with Gasteiger partial charge in [-0.15, -0.1) is 0 Å². The molecule has 8 nitrogen and oxygen atoms in total. The van der Waals surface area contributed by atoms with Crippen molar-refractivity contribution in [3.63, 3.8) is 0 Å². The molecule has 2 aromatic heterocycles. The van der Waals surface area contributed by atoms with E-state index in [1.807, 2.05) is 30.3 Å². The van der Waals surface area contributed by atoms with Crippen LogP contribution in [0.5, 0.6) is 0 Å². The lowest BCUT2D eigenvalue weighted by Gasteiger charge is -2.40. The van der Waals surface area contributed by atoms with Gasteiger partial charge in [-0.25, -0.2) is 4.98 Å². The van der Waals surface area contributed by atoms with Crippen molar-refractivity contribution in [2.45, 2.75) is 18.9 Å². The molecule has 0 bridgehead atoms. The number of piperidine rings is 1. The Morgan fingerprint density at radius 1 is 1.00 bits per heavy atom. The molecule has 2 aliphatic rings. The van der Waals surface area contributed by atoms with Crippen LogP contribution in [0.25, 0.3) is 11.2 Å². The molecule has 5 rings (SSSR count). The summed E-state index contributed by atoms with van der Waals surface area (Å²) in [5.41, 5.74) is 2.52. The maximum absolute atomic E-state index is 5.49. The number of nitrogens with zero attached hydrogens (tertiary/aromatic N) is 5. The first kappa shape index (κ1) is 17.4. The second-order valence-electron chi connectivity index (χ2n) is 7.33. The second kappa shape index (κ2) is 7.73. The van der Waals surface area contributed by atoms with Gasteiger partial charge in [0.1, 0.15) is 5.52 Å². The number of hydrogen-bond acceptors (Lipinski definition) is 7. The molecule has 2 fully saturated rings. The van der Waals surface area contributed by atoms with Gasteiger partial charge in [0.05, 0.1) is 19.5 Å². The minimum atomic E-state index is 0.635. The Morgan fingerprint density at radius 3 is 2.57 bits per heavy atom. The van der Waals surface area contributed by atoms with Crippen molar-refractivity contribution in [3.8, 4) is 0 Å². The van der Waals surface area contributed by atoms with E-state index in [0.717, 1.165) is 75.2 Å². The number of anilines is 3. The molecule has 0 radical (unpaired) electrons. The van der Waals surface area contributed by atoms with Gasteiger partial charge in [0.25, 0.3) is 0 Å². The zero-order chi connectivity index (χ0) is 18.8. The highest BCUT2D eigenvalue weighted by Gasteiger charge is 2.27. The van der Waals surface area contributed by atoms with Gasteiger partial charge in [-0.1, -0.05) is 18.2 Å². The summed E-state index contributed by atoms with van der Waals surface area (Å²) in [6, 6.07) is 10.7. The van der Waals surface area contributed by atoms with Crippen molar-refractivity contribution in [2.24, 2.45) is 0 Å². The molecule has 2 saturated heterocycles. The lowest BCUT2D eigenvalue weighted by Crippen LogP contribution is -2.49. The number of aromatic amines is 1. The fraction of sp³-hybridized carbons (Fsp3) is 0.450. The summed E-state index contributed by atoms with van der Waals surface area (Å²) in [6.07, 6.45) is 3.93. The molecule has 146 valence electrons. The number of fused-ring (bicyclic) bond motifs is 1. The Balaban J connectivity index is 1.35. The minimum absolute atomic E-state index is 0.635. The van der Waals surface area contributed by atoms with Crippen LogP contribution in [-0.2, 0) is 4.74 Å². The molecule has 2 aliphatic heterocycles. The van der Waals surface area contributed by atoms with Crippen molar-refractivity contribution in [2.75, 3.05) is 49.6 Å². The van der Waals surface area contributed by atoms with Gasteiger partial charge in [0, 0.05) is 37.9 Å². The fourth-order valence-electron chi connectivity index (χ4n) is 4.09. The summed E-state index contributed by atoms with van der Waals surface area (Å²) in [4.78, 5) is 21.9. The molecule has 8 heteroatoms. The number of rotatable bonds is 4. The number of ether oxygens (including phenoxy) is 1. The predicted octanol–water partition coefficient (Wildman–Crippen LogP) is 2.40. The van der Waals surface area contributed by atoms with Gasteiger partial charge < -0.3 is 19.9 Å². The molecule has 3 aromatic rings. The van der Waals surface area contributed by atoms with E-state index in [1.165, 1.54) is 0 Å². The van der Waals surface area contributed by atoms with E-state index in [2.05, 4.69) is 25.1 Å². The molecular weight excluding hydrogens is 354 g/mol. The Labute approximate surface area is 163 Å². The zero-order valence-electron chi connectivity index (χ0n) is 15.8. The van der Waals surface area contributed by atoms with E-state index in [4.69, 9.17) is 14.7 Å². The summed E-state index contributed by atoms with van der Waals surface area (Å²) in [6.45, 7) is 5.73. The van der Waals surface area contributed by atoms with E-state index in [1.54, 1.807) is 6.33 Å². The quantitative estimate of drug-likeness (QED) is 0.720. The molecule has 28 heavy (non-hydrogen) atoms. The lowest BCUT2D eigenvalue weighted by molar-refractivity contribution is 0.0114. The Kier molecular flexibility index (Phi) is 4.80. The standard InChI is InChI=1S/C20H25N7O/c1-2-4-15(5-3-1)23-19-17-18(22-14-21-17)24-20(25-19)27-8-6-16(7-9-27)26-10-12-28-13-11-26/h1-5,14,16H,6-13H2,(H2,21,22,23,24,25). The zero-order valence-corrected chi connectivity index (χ0v) is 15.8. The first-order valence-electron chi connectivity index (χ1n) is 9.97. The molecule has 0 saturated carbocycles. The third kappa shape index (κ3) is 3.53. The van der Waals surface area contributed by atoms with E-state index in [0.29, 0.717) is 11.7 Å². The monoisotopic (exact) mass is 379 g/mol. The topological polar surface area (TPSA) is 82.2 Å². The lowest BCUT2D eigenvalue weighted by atomic mass is 10.0. The molecule has 0 aliphatic carbocycles. The van der Waals surface area contributed by atoms with Gasteiger partial charge in [0.15, 0.2) is 11.5 Å². The Morgan fingerprint density at radius 2 is 1.79 bits per heavy atom. The van der Waals surface area contributed by atoms with Gasteiger partial charge in [-0.2, -0.15) is 9.97 Å². The van der Waals surface area contributed by atoms with Crippen LogP contribution in [0.15, 0.2) is 36.7 Å². The van der Waals surface area contributed by atoms with E-state index < -0.39 is 0 Å². The number of nitrogens with one attached hydrogen (secondary N) is 2. The highest BCUT2D eigenvalue weighted by molar-refractivity contribution is 5.86. The van der Waals surface area contributed by atoms with Crippen LogP contribution in [0.1, 0.15) is 12.8 Å². The third-order valence-corrected chi connectivity index (χ3v) is 5.62. The van der Waals surface area contributed by atoms with Crippen LogP contribution in [0.2, 0.25) is 0 Å². The summed E-state index contributed by atoms with van der Waals surface area (Å²) in [5.74, 6) is 1.51. The third-order valence-electron chi connectivity index (χ3n) is 5.62. The van der Waals surface area contributed by atoms with Crippen LogP contribution in [0, 0.1) is 0 Å². The van der Waals surface area contributed by atoms with Crippen molar-refractivity contribution < 1.29 is 4.74 Å². The van der Waals surface area contributed by atoms with Crippen molar-refractivity contribution in [1.29, 1.82) is 0 Å². The van der Waals surface area contributed by atoms with Gasteiger partial charge in [0.2, 0.25) is 5.95 Å². The van der Waals surface area contributed by atoms with Crippen LogP contribution >= 0.6 is 0 Å². The van der Waals surface area contributed by atoms with Crippen LogP contribution in [0.3, 0.4) is 0 Å². The largest absolute Gasteiger partial charge is 0.379 e. The highest BCUT2D eigenvalue weighted by Crippen LogP contribution is 2.26. The maximum atomic E-state index is 5.49. The average molecular weight is 379 g/mol. The van der Waals surface area contributed by atoms with E-state index in [-0.39, 0.29) is 0 Å². The SMILES string of the molecule is c1ccc(Nc2nc(N3CCC(N4CCOCC4)CC3)nc3nc[nH]c23)cc1.